The molecule has 3 N–H and O–H groups in total. The summed E-state index contributed by atoms with van der Waals surface area (Å²) >= 11 is 1.24. The van der Waals surface area contributed by atoms with Crippen LogP contribution in [0.3, 0.4) is 0 Å². The molecule has 0 saturated carbocycles. The number of nitrogens with zero attached hydrogens (tertiary/aromatic N) is 3. The summed E-state index contributed by atoms with van der Waals surface area (Å²) in [6, 6.07) is 13.9. The third kappa shape index (κ3) is 5.14. The van der Waals surface area contributed by atoms with Crippen molar-refractivity contribution in [2.45, 2.75) is 43.5 Å². The second kappa shape index (κ2) is 9.09. The molecule has 0 unspecified atom stereocenters. The molecule has 29 heavy (non-hydrogen) atoms. The van der Waals surface area contributed by atoms with Crippen molar-refractivity contribution in [2.24, 2.45) is 0 Å². The summed E-state index contributed by atoms with van der Waals surface area (Å²) in [6.07, 6.45) is 0.423. The van der Waals surface area contributed by atoms with Gasteiger partial charge in [0.15, 0.2) is 5.82 Å². The van der Waals surface area contributed by atoms with Crippen molar-refractivity contribution in [1.29, 1.82) is 0 Å². The largest absolute Gasteiger partial charge is 0.336 e. The van der Waals surface area contributed by atoms with Crippen LogP contribution in [-0.2, 0) is 11.2 Å². The van der Waals surface area contributed by atoms with Gasteiger partial charge in [-0.3, -0.25) is 4.79 Å². The van der Waals surface area contributed by atoms with Crippen LogP contribution in [-0.4, -0.2) is 26.0 Å². The number of carbonyl (C=O) groups is 1. The number of aromatic nitrogens is 3. The minimum absolute atomic E-state index is 0.133. The van der Waals surface area contributed by atoms with Gasteiger partial charge in [-0.05, 0) is 42.2 Å². The Morgan fingerprint density at radius 3 is 2.52 bits per heavy atom. The third-order valence-corrected chi connectivity index (χ3v) is 5.56. The van der Waals surface area contributed by atoms with E-state index in [1.807, 2.05) is 24.3 Å². The molecule has 1 atom stereocenters. The highest BCUT2D eigenvalue weighted by Crippen LogP contribution is 2.26. The summed E-state index contributed by atoms with van der Waals surface area (Å²) in [6.45, 7) is 5.97. The van der Waals surface area contributed by atoms with Gasteiger partial charge in [0.1, 0.15) is 5.82 Å². The van der Waals surface area contributed by atoms with Gasteiger partial charge in [-0.25, -0.2) is 9.07 Å². The number of nitrogens with two attached hydrogens (primary N) is 1. The fourth-order valence-corrected chi connectivity index (χ4v) is 3.64. The van der Waals surface area contributed by atoms with E-state index in [0.717, 1.165) is 16.8 Å². The summed E-state index contributed by atoms with van der Waals surface area (Å²) in [5.41, 5.74) is 2.77. The first-order valence-corrected chi connectivity index (χ1v) is 10.2. The van der Waals surface area contributed by atoms with Crippen LogP contribution in [0.15, 0.2) is 53.7 Å². The standard InChI is InChI=1S/C21H24FN5OS/c1-13(2)17-6-4-5-7-18(17)24-20(28)14(3)29-21-26-25-19(27(21)23)12-15-8-10-16(22)11-9-15/h4-11,13-14H,12,23H2,1-3H3,(H,24,28)/t14-/m1/s1. The van der Waals surface area contributed by atoms with Crippen LogP contribution in [0.2, 0.25) is 0 Å². The molecule has 0 aliphatic rings. The lowest BCUT2D eigenvalue weighted by atomic mass is 10.0. The smallest absolute Gasteiger partial charge is 0.237 e. The third-order valence-electron chi connectivity index (χ3n) is 4.50. The number of hydrogen-bond acceptors (Lipinski definition) is 5. The Morgan fingerprint density at radius 1 is 1.14 bits per heavy atom. The van der Waals surface area contributed by atoms with Crippen molar-refractivity contribution < 1.29 is 9.18 Å². The van der Waals surface area contributed by atoms with Crippen LogP contribution < -0.4 is 11.2 Å². The molecule has 0 aliphatic heterocycles. The lowest BCUT2D eigenvalue weighted by Gasteiger charge is -2.16. The number of para-hydroxylation sites is 1. The average Bonchev–Trinajstić information content (AvgIpc) is 3.03. The molecule has 0 saturated heterocycles. The number of nitrogens with one attached hydrogen (secondary N) is 1. The van der Waals surface area contributed by atoms with Gasteiger partial charge in [-0.2, -0.15) is 0 Å². The molecule has 0 bridgehead atoms. The van der Waals surface area contributed by atoms with Gasteiger partial charge in [-0.1, -0.05) is 55.9 Å². The van der Waals surface area contributed by atoms with Gasteiger partial charge in [0.2, 0.25) is 11.1 Å². The van der Waals surface area contributed by atoms with Crippen LogP contribution in [0.5, 0.6) is 0 Å². The Balaban J connectivity index is 1.66. The Labute approximate surface area is 173 Å². The summed E-state index contributed by atoms with van der Waals surface area (Å²) in [7, 11) is 0. The topological polar surface area (TPSA) is 85.8 Å². The van der Waals surface area contributed by atoms with Gasteiger partial charge < -0.3 is 11.2 Å². The molecule has 152 valence electrons. The molecule has 3 rings (SSSR count). The van der Waals surface area contributed by atoms with Crippen LogP contribution in [0.1, 0.15) is 43.6 Å². The molecule has 2 aromatic carbocycles. The molecule has 1 amide bonds. The number of amides is 1. The molecular weight excluding hydrogens is 389 g/mol. The fourth-order valence-electron chi connectivity index (χ4n) is 2.85. The number of nitrogen functional groups attached to an aromatic ring is 1. The van der Waals surface area contributed by atoms with Crippen molar-refractivity contribution in [1.82, 2.24) is 14.9 Å². The van der Waals surface area contributed by atoms with Gasteiger partial charge in [0.05, 0.1) is 5.25 Å². The van der Waals surface area contributed by atoms with Gasteiger partial charge in [0, 0.05) is 12.1 Å². The first-order chi connectivity index (χ1) is 13.8. The predicted octanol–water partition coefficient (Wildman–Crippen LogP) is 3.96. The first-order valence-electron chi connectivity index (χ1n) is 9.35. The summed E-state index contributed by atoms with van der Waals surface area (Å²) in [5, 5.41) is 11.2. The second-order valence-corrected chi connectivity index (χ2v) is 8.37. The van der Waals surface area contributed by atoms with E-state index in [0.29, 0.717) is 23.3 Å². The number of rotatable bonds is 7. The van der Waals surface area contributed by atoms with Crippen molar-refractivity contribution in [3.05, 3.63) is 71.3 Å². The van der Waals surface area contributed by atoms with Crippen molar-refractivity contribution >= 4 is 23.4 Å². The van der Waals surface area contributed by atoms with Crippen molar-refractivity contribution in [2.75, 3.05) is 11.2 Å². The number of thioether (sulfide) groups is 1. The van der Waals surface area contributed by atoms with Crippen LogP contribution in [0.4, 0.5) is 10.1 Å². The Hall–Kier alpha value is -2.87. The Bertz CT molecular complexity index is 987. The van der Waals surface area contributed by atoms with Gasteiger partial charge in [-0.15, -0.1) is 10.2 Å². The van der Waals surface area contributed by atoms with Crippen LogP contribution >= 0.6 is 11.8 Å². The maximum absolute atomic E-state index is 13.1. The van der Waals surface area contributed by atoms with E-state index in [2.05, 4.69) is 29.4 Å². The lowest BCUT2D eigenvalue weighted by Crippen LogP contribution is -2.24. The zero-order valence-corrected chi connectivity index (χ0v) is 17.4. The predicted molar refractivity (Wildman–Crippen MR) is 114 cm³/mol. The molecule has 0 fully saturated rings. The van der Waals surface area contributed by atoms with Crippen molar-refractivity contribution in [3.63, 3.8) is 0 Å². The molecule has 1 heterocycles. The van der Waals surface area contributed by atoms with Crippen molar-refractivity contribution in [3.8, 4) is 0 Å². The molecule has 0 aliphatic carbocycles. The van der Waals surface area contributed by atoms with Gasteiger partial charge in [0.25, 0.3) is 0 Å². The molecule has 1 aromatic heterocycles. The van der Waals surface area contributed by atoms with E-state index in [1.54, 1.807) is 19.1 Å². The molecule has 0 radical (unpaired) electrons. The minimum atomic E-state index is -0.416. The minimum Gasteiger partial charge on any atom is -0.336 e. The molecule has 3 aromatic rings. The zero-order valence-electron chi connectivity index (χ0n) is 16.6. The summed E-state index contributed by atoms with van der Waals surface area (Å²) < 4.78 is 14.4. The van der Waals surface area contributed by atoms with Crippen LogP contribution in [0.25, 0.3) is 0 Å². The fraction of sp³-hybridized carbons (Fsp3) is 0.286. The summed E-state index contributed by atoms with van der Waals surface area (Å²) in [5.74, 6) is 6.52. The summed E-state index contributed by atoms with van der Waals surface area (Å²) in [4.78, 5) is 12.7. The average molecular weight is 414 g/mol. The number of hydrogen-bond donors (Lipinski definition) is 2. The maximum atomic E-state index is 13.1. The monoisotopic (exact) mass is 413 g/mol. The zero-order chi connectivity index (χ0) is 21.0. The number of carbonyl (C=O) groups excluding carboxylic acids is 1. The van der Waals surface area contributed by atoms with E-state index in [1.165, 1.54) is 28.6 Å². The van der Waals surface area contributed by atoms with E-state index >= 15 is 0 Å². The molecular formula is C21H24FN5OS. The Kier molecular flexibility index (Phi) is 6.53. The normalized spacial score (nSPS) is 12.2. The highest BCUT2D eigenvalue weighted by Gasteiger charge is 2.20. The maximum Gasteiger partial charge on any atom is 0.237 e. The lowest BCUT2D eigenvalue weighted by molar-refractivity contribution is -0.115. The quantitative estimate of drug-likeness (QED) is 0.452. The van der Waals surface area contributed by atoms with E-state index < -0.39 is 5.25 Å². The van der Waals surface area contributed by atoms with E-state index in [9.17, 15) is 9.18 Å². The second-order valence-electron chi connectivity index (χ2n) is 7.06. The number of halogens is 1. The number of anilines is 1. The van der Waals surface area contributed by atoms with E-state index in [4.69, 9.17) is 5.84 Å². The Morgan fingerprint density at radius 2 is 1.83 bits per heavy atom. The number of benzene rings is 2. The molecule has 0 spiro atoms. The molecule has 8 heteroatoms. The van der Waals surface area contributed by atoms with Crippen LogP contribution in [0, 0.1) is 5.82 Å². The molecule has 6 nitrogen and oxygen atoms in total. The first kappa shape index (κ1) is 20.9. The van der Waals surface area contributed by atoms with E-state index in [-0.39, 0.29) is 11.7 Å². The highest BCUT2D eigenvalue weighted by molar-refractivity contribution is 8.00. The SMILES string of the molecule is CC(C)c1ccccc1NC(=O)[C@@H](C)Sc1nnc(Cc2ccc(F)cc2)n1N. The van der Waals surface area contributed by atoms with Gasteiger partial charge >= 0.3 is 0 Å². The highest BCUT2D eigenvalue weighted by atomic mass is 32.2.